The maximum Gasteiger partial charge on any atom is 0.236 e. The Morgan fingerprint density at radius 3 is 2.83 bits per heavy atom. The molecule has 106 valence electrons. The van der Waals surface area contributed by atoms with Crippen LogP contribution in [0.3, 0.4) is 0 Å². The molecule has 1 aliphatic rings. The summed E-state index contributed by atoms with van der Waals surface area (Å²) in [7, 11) is 1.61. The van der Waals surface area contributed by atoms with Crippen LogP contribution in [-0.4, -0.2) is 50.0 Å². The largest absolute Gasteiger partial charge is 0.396 e. The number of hydrogen-bond acceptors (Lipinski definition) is 4. The third kappa shape index (κ3) is 4.92. The first-order valence-electron chi connectivity index (χ1n) is 6.82. The van der Waals surface area contributed by atoms with Crippen molar-refractivity contribution in [2.45, 2.75) is 44.7 Å². The van der Waals surface area contributed by atoms with E-state index in [1.165, 1.54) is 12.8 Å². The van der Waals surface area contributed by atoms with Crippen molar-refractivity contribution >= 4 is 5.91 Å². The quantitative estimate of drug-likeness (QED) is 0.574. The number of carbonyl (C=O) groups excluding carboxylic acids is 1. The molecular weight excluding hydrogens is 232 g/mol. The van der Waals surface area contributed by atoms with Crippen molar-refractivity contribution in [3.05, 3.63) is 0 Å². The highest BCUT2D eigenvalue weighted by Gasteiger charge is 2.27. The van der Waals surface area contributed by atoms with Gasteiger partial charge in [-0.15, -0.1) is 0 Å². The smallest absolute Gasteiger partial charge is 0.236 e. The third-order valence-electron chi connectivity index (χ3n) is 3.61. The minimum atomic E-state index is -0.223. The molecule has 0 aromatic carbocycles. The van der Waals surface area contributed by atoms with Gasteiger partial charge in [-0.3, -0.25) is 4.79 Å². The Labute approximate surface area is 109 Å². The average Bonchev–Trinajstić information content (AvgIpc) is 2.39. The Hall–Kier alpha value is -0.650. The number of methoxy groups -OCH3 is 1. The fraction of sp³-hybridized carbons (Fsp3) is 0.923. The number of hydrogen-bond donors (Lipinski definition) is 3. The Bertz CT molecular complexity index is 248. The monoisotopic (exact) mass is 258 g/mol. The van der Waals surface area contributed by atoms with Gasteiger partial charge in [-0.05, 0) is 25.7 Å². The van der Waals surface area contributed by atoms with Crippen LogP contribution < -0.4 is 10.6 Å². The van der Waals surface area contributed by atoms with Gasteiger partial charge >= 0.3 is 0 Å². The lowest BCUT2D eigenvalue weighted by atomic mass is 9.84. The van der Waals surface area contributed by atoms with Gasteiger partial charge in [0.15, 0.2) is 0 Å². The molecule has 0 aromatic rings. The van der Waals surface area contributed by atoms with Crippen LogP contribution in [0.5, 0.6) is 0 Å². The van der Waals surface area contributed by atoms with Crippen molar-refractivity contribution < 1.29 is 14.6 Å². The fourth-order valence-corrected chi connectivity index (χ4v) is 2.47. The number of rotatable bonds is 7. The van der Waals surface area contributed by atoms with Crippen LogP contribution in [0, 0.1) is 5.92 Å². The van der Waals surface area contributed by atoms with E-state index in [1.807, 2.05) is 6.92 Å². The summed E-state index contributed by atoms with van der Waals surface area (Å²) in [5.41, 5.74) is 0. The maximum atomic E-state index is 11.8. The van der Waals surface area contributed by atoms with E-state index in [-0.39, 0.29) is 30.5 Å². The molecule has 3 atom stereocenters. The molecule has 1 amide bonds. The normalized spacial score (nSPS) is 25.7. The van der Waals surface area contributed by atoms with Gasteiger partial charge < -0.3 is 20.5 Å². The Morgan fingerprint density at radius 2 is 2.17 bits per heavy atom. The summed E-state index contributed by atoms with van der Waals surface area (Å²) in [4.78, 5) is 11.8. The molecule has 0 aliphatic heterocycles. The van der Waals surface area contributed by atoms with Crippen LogP contribution in [0.2, 0.25) is 0 Å². The topological polar surface area (TPSA) is 70.6 Å². The summed E-state index contributed by atoms with van der Waals surface area (Å²) >= 11 is 0. The van der Waals surface area contributed by atoms with Crippen LogP contribution in [0.25, 0.3) is 0 Å². The number of carbonyl (C=O) groups is 1. The highest BCUT2D eigenvalue weighted by atomic mass is 16.5. The highest BCUT2D eigenvalue weighted by Crippen LogP contribution is 2.24. The second-order valence-corrected chi connectivity index (χ2v) is 5.01. The maximum absolute atomic E-state index is 11.8. The van der Waals surface area contributed by atoms with E-state index in [9.17, 15) is 9.90 Å². The van der Waals surface area contributed by atoms with Crippen molar-refractivity contribution in [2.75, 3.05) is 26.9 Å². The van der Waals surface area contributed by atoms with Gasteiger partial charge in [-0.1, -0.05) is 12.8 Å². The van der Waals surface area contributed by atoms with Gasteiger partial charge in [0, 0.05) is 26.3 Å². The molecule has 3 N–H and O–H groups in total. The predicted octanol–water partition coefficient (Wildman–Crippen LogP) is 0.278. The molecule has 1 aliphatic carbocycles. The van der Waals surface area contributed by atoms with Crippen molar-refractivity contribution in [1.29, 1.82) is 0 Å². The second kappa shape index (κ2) is 8.45. The lowest BCUT2D eigenvalue weighted by molar-refractivity contribution is -0.123. The molecular formula is C13H26N2O3. The number of aliphatic hydroxyl groups is 1. The number of aliphatic hydroxyl groups excluding tert-OH is 1. The molecule has 1 rings (SSSR count). The van der Waals surface area contributed by atoms with Crippen LogP contribution in [0.1, 0.15) is 32.6 Å². The molecule has 18 heavy (non-hydrogen) atoms. The summed E-state index contributed by atoms with van der Waals surface area (Å²) in [5.74, 6) is 0.280. The summed E-state index contributed by atoms with van der Waals surface area (Å²) in [6.45, 7) is 3.14. The number of nitrogens with one attached hydrogen (secondary N) is 2. The van der Waals surface area contributed by atoms with Crippen molar-refractivity contribution in [1.82, 2.24) is 10.6 Å². The van der Waals surface area contributed by atoms with E-state index in [1.54, 1.807) is 7.11 Å². The third-order valence-corrected chi connectivity index (χ3v) is 3.61. The summed E-state index contributed by atoms with van der Waals surface area (Å²) in [6, 6.07) is 0.0333. The molecule has 0 heterocycles. The molecule has 0 spiro atoms. The van der Waals surface area contributed by atoms with Gasteiger partial charge in [0.2, 0.25) is 5.91 Å². The second-order valence-electron chi connectivity index (χ2n) is 5.01. The zero-order valence-corrected chi connectivity index (χ0v) is 11.4. The van der Waals surface area contributed by atoms with E-state index in [0.717, 1.165) is 12.8 Å². The minimum absolute atomic E-state index is 0.00527. The van der Waals surface area contributed by atoms with Crippen LogP contribution in [0.15, 0.2) is 0 Å². The summed E-state index contributed by atoms with van der Waals surface area (Å²) in [5, 5.41) is 15.5. The van der Waals surface area contributed by atoms with Crippen LogP contribution in [-0.2, 0) is 9.53 Å². The molecule has 1 fully saturated rings. The Morgan fingerprint density at radius 1 is 1.44 bits per heavy atom. The summed E-state index contributed by atoms with van der Waals surface area (Å²) in [6.07, 6.45) is 4.44. The highest BCUT2D eigenvalue weighted by molar-refractivity contribution is 5.81. The number of ether oxygens (including phenoxy) is 1. The first-order valence-corrected chi connectivity index (χ1v) is 6.82. The fourth-order valence-electron chi connectivity index (χ4n) is 2.47. The van der Waals surface area contributed by atoms with Crippen molar-refractivity contribution in [3.8, 4) is 0 Å². The minimum Gasteiger partial charge on any atom is -0.396 e. The van der Waals surface area contributed by atoms with Gasteiger partial charge in [0.1, 0.15) is 0 Å². The molecule has 0 aromatic heterocycles. The lowest BCUT2D eigenvalue weighted by Crippen LogP contribution is -2.50. The Balaban J connectivity index is 2.32. The molecule has 1 saturated carbocycles. The van der Waals surface area contributed by atoms with E-state index < -0.39 is 0 Å². The van der Waals surface area contributed by atoms with E-state index in [0.29, 0.717) is 13.2 Å². The molecule has 3 unspecified atom stereocenters. The Kier molecular flexibility index (Phi) is 7.23. The zero-order valence-electron chi connectivity index (χ0n) is 11.4. The average molecular weight is 258 g/mol. The SMILES string of the molecule is COCCNC(=O)C(C)NC1CCCCC1CO. The first kappa shape index (κ1) is 15.4. The van der Waals surface area contributed by atoms with Gasteiger partial charge in [0.25, 0.3) is 0 Å². The molecule has 0 bridgehead atoms. The van der Waals surface area contributed by atoms with Crippen LogP contribution in [0.4, 0.5) is 0 Å². The van der Waals surface area contributed by atoms with Gasteiger partial charge in [-0.2, -0.15) is 0 Å². The standard InChI is InChI=1S/C13H26N2O3/c1-10(13(17)14-7-8-18-2)15-12-6-4-3-5-11(12)9-16/h10-12,15-16H,3-9H2,1-2H3,(H,14,17). The zero-order chi connectivity index (χ0) is 13.4. The molecule has 0 radical (unpaired) electrons. The van der Waals surface area contributed by atoms with Gasteiger partial charge in [0.05, 0.1) is 12.6 Å². The van der Waals surface area contributed by atoms with E-state index in [2.05, 4.69) is 10.6 Å². The van der Waals surface area contributed by atoms with Crippen molar-refractivity contribution in [3.63, 3.8) is 0 Å². The van der Waals surface area contributed by atoms with E-state index in [4.69, 9.17) is 4.74 Å². The molecule has 5 nitrogen and oxygen atoms in total. The van der Waals surface area contributed by atoms with Crippen LogP contribution >= 0.6 is 0 Å². The molecule has 0 saturated heterocycles. The lowest BCUT2D eigenvalue weighted by Gasteiger charge is -2.33. The van der Waals surface area contributed by atoms with E-state index >= 15 is 0 Å². The predicted molar refractivity (Wildman–Crippen MR) is 70.3 cm³/mol. The number of amides is 1. The first-order chi connectivity index (χ1) is 8.69. The van der Waals surface area contributed by atoms with Crippen molar-refractivity contribution in [2.24, 2.45) is 5.92 Å². The van der Waals surface area contributed by atoms with Gasteiger partial charge in [-0.25, -0.2) is 0 Å². The summed E-state index contributed by atoms with van der Waals surface area (Å²) < 4.78 is 4.89. The molecule has 5 heteroatoms.